The maximum Gasteiger partial charge on any atom is 0.288 e. The van der Waals surface area contributed by atoms with Gasteiger partial charge in [-0.15, -0.1) is 0 Å². The highest BCUT2D eigenvalue weighted by Crippen LogP contribution is 2.26. The van der Waals surface area contributed by atoms with Gasteiger partial charge in [0.25, 0.3) is 5.91 Å². The van der Waals surface area contributed by atoms with Crippen LogP contribution in [0.15, 0.2) is 24.5 Å². The van der Waals surface area contributed by atoms with Crippen molar-refractivity contribution in [2.75, 3.05) is 12.5 Å². The van der Waals surface area contributed by atoms with Crippen molar-refractivity contribution < 1.29 is 14.3 Å². The zero-order chi connectivity index (χ0) is 18.1. The number of hydrogen-bond donors (Lipinski definition) is 2. The number of carbonyl (C=O) groups is 2. The molecule has 130 valence electrons. The zero-order valence-corrected chi connectivity index (χ0v) is 14.1. The first-order valence-electron chi connectivity index (χ1n) is 7.65. The normalized spacial score (nSPS) is 10.8. The van der Waals surface area contributed by atoms with Crippen molar-refractivity contribution in [3.63, 3.8) is 0 Å². The Bertz CT molecular complexity index is 972. The number of aromatic nitrogens is 4. The second kappa shape index (κ2) is 6.27. The number of nitrogens with one attached hydrogen (secondary N) is 1. The lowest BCUT2D eigenvalue weighted by Crippen LogP contribution is -2.25. The van der Waals surface area contributed by atoms with Crippen molar-refractivity contribution in [3.8, 4) is 5.75 Å². The van der Waals surface area contributed by atoms with Crippen LogP contribution in [0.25, 0.3) is 11.0 Å². The Morgan fingerprint density at radius 1 is 1.32 bits per heavy atom. The third kappa shape index (κ3) is 2.91. The highest BCUT2D eigenvalue weighted by Gasteiger charge is 2.17. The van der Waals surface area contributed by atoms with E-state index in [1.54, 1.807) is 16.8 Å². The zero-order valence-electron chi connectivity index (χ0n) is 14.1. The smallest absolute Gasteiger partial charge is 0.288 e. The van der Waals surface area contributed by atoms with Crippen LogP contribution in [-0.4, -0.2) is 38.4 Å². The maximum absolute atomic E-state index is 12.6. The van der Waals surface area contributed by atoms with Gasteiger partial charge in [0, 0.05) is 12.1 Å². The van der Waals surface area contributed by atoms with E-state index in [0.29, 0.717) is 29.0 Å². The van der Waals surface area contributed by atoms with Crippen molar-refractivity contribution in [1.82, 2.24) is 19.4 Å². The molecule has 3 aromatic rings. The summed E-state index contributed by atoms with van der Waals surface area (Å²) in [5.41, 5.74) is 10.6. The van der Waals surface area contributed by atoms with Gasteiger partial charge in [0.1, 0.15) is 23.3 Å². The quantitative estimate of drug-likeness (QED) is 0.719. The van der Waals surface area contributed by atoms with Gasteiger partial charge in [0.15, 0.2) is 0 Å². The molecule has 25 heavy (non-hydrogen) atoms. The predicted octanol–water partition coefficient (Wildman–Crippen LogP) is 1.05. The molecule has 0 unspecified atom stereocenters. The molecule has 1 aromatic carbocycles. The first kappa shape index (κ1) is 16.5. The summed E-state index contributed by atoms with van der Waals surface area (Å²) in [5.74, 6) is -0.534. The van der Waals surface area contributed by atoms with E-state index in [-0.39, 0.29) is 11.5 Å². The van der Waals surface area contributed by atoms with Crippen LogP contribution in [0.1, 0.15) is 33.5 Å². The summed E-state index contributed by atoms with van der Waals surface area (Å²) in [5, 5.41) is 4.26. The number of methoxy groups -OCH3 is 1. The summed E-state index contributed by atoms with van der Waals surface area (Å²) in [6, 6.07) is 4.76. The number of imidazole rings is 1. The van der Waals surface area contributed by atoms with Crippen LogP contribution in [0.3, 0.4) is 0 Å². The molecule has 2 amide bonds. The molecule has 0 saturated heterocycles. The van der Waals surface area contributed by atoms with Crippen LogP contribution in [0, 0.1) is 6.92 Å². The molecule has 0 aliphatic heterocycles. The van der Waals surface area contributed by atoms with E-state index in [2.05, 4.69) is 15.5 Å². The number of primary amides is 1. The van der Waals surface area contributed by atoms with Crippen LogP contribution >= 0.6 is 0 Å². The molecule has 0 spiro atoms. The van der Waals surface area contributed by atoms with Gasteiger partial charge in [0.2, 0.25) is 5.91 Å². The summed E-state index contributed by atoms with van der Waals surface area (Å²) < 4.78 is 8.38. The molecule has 0 fully saturated rings. The SMILES string of the molecule is CCn1nc(C)cc1C(=O)Nn1cnc2cc(C(N)=O)cc(OC)c21. The molecule has 0 atom stereocenters. The number of benzene rings is 1. The van der Waals surface area contributed by atoms with E-state index in [4.69, 9.17) is 10.5 Å². The molecule has 2 aromatic heterocycles. The molecule has 9 heteroatoms. The third-order valence-corrected chi connectivity index (χ3v) is 3.77. The van der Waals surface area contributed by atoms with Gasteiger partial charge in [-0.25, -0.2) is 9.66 Å². The Morgan fingerprint density at radius 2 is 2.08 bits per heavy atom. The molecule has 0 radical (unpaired) electrons. The third-order valence-electron chi connectivity index (χ3n) is 3.77. The molecular weight excluding hydrogens is 324 g/mol. The maximum atomic E-state index is 12.6. The first-order chi connectivity index (χ1) is 11.9. The topological polar surface area (TPSA) is 117 Å². The lowest BCUT2D eigenvalue weighted by atomic mass is 10.2. The van der Waals surface area contributed by atoms with Crippen molar-refractivity contribution in [3.05, 3.63) is 41.5 Å². The van der Waals surface area contributed by atoms with Crippen molar-refractivity contribution >= 4 is 22.8 Å². The van der Waals surface area contributed by atoms with Gasteiger partial charge in [-0.2, -0.15) is 5.10 Å². The van der Waals surface area contributed by atoms with Gasteiger partial charge >= 0.3 is 0 Å². The number of rotatable bonds is 5. The number of nitrogens with zero attached hydrogens (tertiary/aromatic N) is 4. The van der Waals surface area contributed by atoms with Crippen LogP contribution in [0.4, 0.5) is 0 Å². The Kier molecular flexibility index (Phi) is 4.14. The monoisotopic (exact) mass is 342 g/mol. The minimum absolute atomic E-state index is 0.278. The first-order valence-corrected chi connectivity index (χ1v) is 7.65. The Hall–Kier alpha value is -3.36. The second-order valence-electron chi connectivity index (χ2n) is 5.45. The molecule has 3 N–H and O–H groups in total. The molecule has 0 aliphatic rings. The summed E-state index contributed by atoms with van der Waals surface area (Å²) >= 11 is 0. The lowest BCUT2D eigenvalue weighted by Gasteiger charge is -2.11. The highest BCUT2D eigenvalue weighted by atomic mass is 16.5. The standard InChI is InChI=1S/C16H18N6O3/c1-4-21-12(5-9(2)19-21)16(24)20-22-8-18-11-6-10(15(17)23)7-13(25-3)14(11)22/h5-8H,4H2,1-3H3,(H2,17,23)(H,20,24). The number of aryl methyl sites for hydroxylation is 2. The van der Waals surface area contributed by atoms with Gasteiger partial charge < -0.3 is 10.5 Å². The van der Waals surface area contributed by atoms with Crippen LogP contribution in [0.2, 0.25) is 0 Å². The fraction of sp³-hybridized carbons (Fsp3) is 0.250. The molecule has 0 aliphatic carbocycles. The van der Waals surface area contributed by atoms with E-state index in [1.807, 2.05) is 13.8 Å². The number of nitrogens with two attached hydrogens (primary N) is 1. The van der Waals surface area contributed by atoms with Crippen molar-refractivity contribution in [2.45, 2.75) is 20.4 Å². The number of ether oxygens (including phenoxy) is 1. The van der Waals surface area contributed by atoms with Gasteiger partial charge in [-0.05, 0) is 32.0 Å². The van der Waals surface area contributed by atoms with Crippen LogP contribution in [-0.2, 0) is 6.54 Å². The fourth-order valence-corrected chi connectivity index (χ4v) is 2.63. The highest BCUT2D eigenvalue weighted by molar-refractivity contribution is 6.01. The summed E-state index contributed by atoms with van der Waals surface area (Å²) in [4.78, 5) is 28.2. The van der Waals surface area contributed by atoms with E-state index in [0.717, 1.165) is 5.69 Å². The van der Waals surface area contributed by atoms with E-state index >= 15 is 0 Å². The Balaban J connectivity index is 2.02. The predicted molar refractivity (Wildman–Crippen MR) is 91.1 cm³/mol. The van der Waals surface area contributed by atoms with E-state index in [9.17, 15) is 9.59 Å². The number of fused-ring (bicyclic) bond motifs is 1. The minimum Gasteiger partial charge on any atom is -0.494 e. The minimum atomic E-state index is -0.582. The number of carbonyl (C=O) groups excluding carboxylic acids is 2. The Labute approximate surface area is 143 Å². The molecule has 9 nitrogen and oxygen atoms in total. The number of hydrogen-bond acceptors (Lipinski definition) is 5. The van der Waals surface area contributed by atoms with Crippen molar-refractivity contribution in [1.29, 1.82) is 0 Å². The summed E-state index contributed by atoms with van der Waals surface area (Å²) in [7, 11) is 1.47. The second-order valence-corrected chi connectivity index (χ2v) is 5.45. The van der Waals surface area contributed by atoms with Crippen LogP contribution in [0.5, 0.6) is 5.75 Å². The van der Waals surface area contributed by atoms with Gasteiger partial charge in [-0.3, -0.25) is 19.7 Å². The molecule has 3 rings (SSSR count). The molecule has 2 heterocycles. The van der Waals surface area contributed by atoms with Gasteiger partial charge in [-0.1, -0.05) is 0 Å². The van der Waals surface area contributed by atoms with E-state index in [1.165, 1.54) is 24.2 Å². The average molecular weight is 342 g/mol. The molecular formula is C16H18N6O3. The van der Waals surface area contributed by atoms with E-state index < -0.39 is 5.91 Å². The fourth-order valence-electron chi connectivity index (χ4n) is 2.63. The lowest BCUT2D eigenvalue weighted by molar-refractivity contribution is 0.0990. The molecule has 0 saturated carbocycles. The average Bonchev–Trinajstić information content (AvgIpc) is 3.17. The summed E-state index contributed by atoms with van der Waals surface area (Å²) in [6.07, 6.45) is 1.44. The van der Waals surface area contributed by atoms with Gasteiger partial charge in [0.05, 0.1) is 18.3 Å². The Morgan fingerprint density at radius 3 is 2.72 bits per heavy atom. The van der Waals surface area contributed by atoms with Crippen molar-refractivity contribution in [2.24, 2.45) is 5.73 Å². The largest absolute Gasteiger partial charge is 0.494 e. The number of amides is 2. The summed E-state index contributed by atoms with van der Waals surface area (Å²) in [6.45, 7) is 4.31. The molecule has 0 bridgehead atoms. The van der Waals surface area contributed by atoms with Crippen LogP contribution < -0.4 is 15.9 Å².